The molecule has 2 N–H and O–H groups in total. The van der Waals surface area contributed by atoms with E-state index in [2.05, 4.69) is 23.9 Å². The minimum Gasteiger partial charge on any atom is -0.447 e. The van der Waals surface area contributed by atoms with Crippen LogP contribution in [0.3, 0.4) is 0 Å². The fourth-order valence-corrected chi connectivity index (χ4v) is 5.41. The number of hydrogen-bond donors (Lipinski definition) is 2. The minimum atomic E-state index is -0.328. The Balaban J connectivity index is 1.41. The van der Waals surface area contributed by atoms with Crippen molar-refractivity contribution in [2.45, 2.75) is 49.8 Å². The zero-order valence-corrected chi connectivity index (χ0v) is 19.7. The maximum absolute atomic E-state index is 12.6. The summed E-state index contributed by atoms with van der Waals surface area (Å²) in [6.07, 6.45) is 2.83. The molecule has 2 aliphatic heterocycles. The second kappa shape index (κ2) is 8.19. The fourth-order valence-electron chi connectivity index (χ4n) is 4.39. The van der Waals surface area contributed by atoms with Gasteiger partial charge in [0.05, 0.1) is 12.6 Å². The molecule has 2 heterocycles. The first kappa shape index (κ1) is 21.5. The number of hydrogen-bond acceptors (Lipinski definition) is 5. The number of carbonyl (C=O) groups is 2. The van der Waals surface area contributed by atoms with E-state index in [-0.39, 0.29) is 23.5 Å². The van der Waals surface area contributed by atoms with Crippen LogP contribution in [0.1, 0.15) is 60.6 Å². The number of carbonyl (C=O) groups excluding carboxylic acids is 2. The van der Waals surface area contributed by atoms with Gasteiger partial charge in [-0.1, -0.05) is 25.4 Å². The van der Waals surface area contributed by atoms with Crippen LogP contribution in [0.5, 0.6) is 0 Å². The van der Waals surface area contributed by atoms with Gasteiger partial charge in [-0.3, -0.25) is 14.4 Å². The van der Waals surface area contributed by atoms with Gasteiger partial charge in [-0.2, -0.15) is 0 Å². The smallest absolute Gasteiger partial charge is 0.414 e. The van der Waals surface area contributed by atoms with Crippen LogP contribution in [0.15, 0.2) is 36.4 Å². The average molecular weight is 472 g/mol. The van der Waals surface area contributed by atoms with Gasteiger partial charge < -0.3 is 10.1 Å². The minimum absolute atomic E-state index is 0.0197. The van der Waals surface area contributed by atoms with Gasteiger partial charge in [0.2, 0.25) is 0 Å². The molecule has 8 heteroatoms. The molecule has 2 aromatic rings. The standard InChI is InChI=1S/C24H26ClN3O3S/c1-24(2)13-21(17-12-15(4-7-19(17)25)28-9-10-31-23(28)30)26-20-8-3-14(11-18(20)24)22(29)27-32-16-5-6-16/h3-4,7-8,11-12,16,21,26H,5-6,9-10,13H2,1-2H3,(H,27,29). The number of nitrogens with one attached hydrogen (secondary N) is 2. The van der Waals surface area contributed by atoms with E-state index < -0.39 is 0 Å². The largest absolute Gasteiger partial charge is 0.447 e. The highest BCUT2D eigenvalue weighted by Crippen LogP contribution is 2.46. The summed E-state index contributed by atoms with van der Waals surface area (Å²) in [7, 11) is 0. The lowest BCUT2D eigenvalue weighted by atomic mass is 9.73. The number of cyclic esters (lactones) is 1. The first-order valence-corrected chi connectivity index (χ1v) is 12.2. The molecule has 168 valence electrons. The molecule has 1 saturated heterocycles. The number of halogens is 1. The normalized spacial score (nSPS) is 21.5. The summed E-state index contributed by atoms with van der Waals surface area (Å²) in [6, 6.07) is 11.5. The van der Waals surface area contributed by atoms with Crippen LogP contribution in [-0.4, -0.2) is 30.4 Å². The van der Waals surface area contributed by atoms with Crippen LogP contribution >= 0.6 is 23.5 Å². The van der Waals surface area contributed by atoms with Crippen molar-refractivity contribution in [3.63, 3.8) is 0 Å². The van der Waals surface area contributed by atoms with E-state index in [1.165, 1.54) is 24.8 Å². The van der Waals surface area contributed by atoms with Crippen LogP contribution in [0.2, 0.25) is 5.02 Å². The van der Waals surface area contributed by atoms with Gasteiger partial charge in [0.1, 0.15) is 6.61 Å². The van der Waals surface area contributed by atoms with Crippen LogP contribution in [0, 0.1) is 0 Å². The summed E-state index contributed by atoms with van der Waals surface area (Å²) in [5, 5.41) is 4.84. The van der Waals surface area contributed by atoms with Crippen molar-refractivity contribution in [1.29, 1.82) is 0 Å². The highest BCUT2D eigenvalue weighted by atomic mass is 35.5. The maximum atomic E-state index is 12.6. The number of nitrogens with zero attached hydrogens (tertiary/aromatic N) is 1. The van der Waals surface area contributed by atoms with Crippen molar-refractivity contribution in [1.82, 2.24) is 4.72 Å². The molecule has 1 saturated carbocycles. The van der Waals surface area contributed by atoms with Crippen LogP contribution in [-0.2, 0) is 10.2 Å². The second-order valence-electron chi connectivity index (χ2n) is 9.27. The zero-order chi connectivity index (χ0) is 22.5. The van der Waals surface area contributed by atoms with Gasteiger partial charge >= 0.3 is 6.09 Å². The van der Waals surface area contributed by atoms with Crippen molar-refractivity contribution in [2.75, 3.05) is 23.4 Å². The molecule has 2 amide bonds. The Labute approximate surface area is 197 Å². The molecule has 0 bridgehead atoms. The summed E-state index contributed by atoms with van der Waals surface area (Å²) < 4.78 is 8.05. The summed E-state index contributed by atoms with van der Waals surface area (Å²) in [6.45, 7) is 5.32. The molecule has 0 aromatic heterocycles. The molecule has 32 heavy (non-hydrogen) atoms. The summed E-state index contributed by atoms with van der Waals surface area (Å²) in [5.74, 6) is -0.0455. The van der Waals surface area contributed by atoms with Crippen molar-refractivity contribution in [3.8, 4) is 0 Å². The number of fused-ring (bicyclic) bond motifs is 1. The predicted molar refractivity (Wildman–Crippen MR) is 129 cm³/mol. The van der Waals surface area contributed by atoms with E-state index >= 15 is 0 Å². The van der Waals surface area contributed by atoms with Crippen molar-refractivity contribution >= 4 is 46.9 Å². The van der Waals surface area contributed by atoms with Crippen LogP contribution in [0.25, 0.3) is 0 Å². The van der Waals surface area contributed by atoms with E-state index in [1.807, 2.05) is 36.4 Å². The molecular formula is C24H26ClN3O3S. The quantitative estimate of drug-likeness (QED) is 0.549. The molecule has 1 atom stereocenters. The van der Waals surface area contributed by atoms with Gasteiger partial charge in [0, 0.05) is 27.2 Å². The molecule has 0 spiro atoms. The Morgan fingerprint density at radius 3 is 2.78 bits per heavy atom. The van der Waals surface area contributed by atoms with E-state index in [9.17, 15) is 9.59 Å². The maximum Gasteiger partial charge on any atom is 0.414 e. The molecule has 5 rings (SSSR count). The SMILES string of the molecule is CC1(C)CC(c2cc(N3CCOC3=O)ccc2Cl)Nc2ccc(C(=O)NSC3CC3)cc21. The molecular weight excluding hydrogens is 446 g/mol. The van der Waals surface area contributed by atoms with Crippen molar-refractivity contribution in [3.05, 3.63) is 58.1 Å². The second-order valence-corrected chi connectivity index (χ2v) is 10.8. The molecule has 1 aliphatic carbocycles. The monoisotopic (exact) mass is 471 g/mol. The van der Waals surface area contributed by atoms with Crippen LogP contribution in [0.4, 0.5) is 16.2 Å². The topological polar surface area (TPSA) is 70.7 Å². The fraction of sp³-hybridized carbons (Fsp3) is 0.417. The molecule has 3 aliphatic rings. The summed E-state index contributed by atoms with van der Waals surface area (Å²) >= 11 is 8.12. The Hall–Kier alpha value is -2.38. The number of rotatable bonds is 5. The van der Waals surface area contributed by atoms with E-state index in [0.29, 0.717) is 29.0 Å². The first-order valence-electron chi connectivity index (χ1n) is 10.9. The molecule has 1 unspecified atom stereocenters. The van der Waals surface area contributed by atoms with Gasteiger partial charge in [-0.25, -0.2) is 4.79 Å². The van der Waals surface area contributed by atoms with Gasteiger partial charge in [-0.05, 0) is 84.2 Å². The number of benzene rings is 2. The van der Waals surface area contributed by atoms with Crippen molar-refractivity contribution < 1.29 is 14.3 Å². The Bertz CT molecular complexity index is 1090. The number of anilines is 2. The Morgan fingerprint density at radius 2 is 2.06 bits per heavy atom. The highest BCUT2D eigenvalue weighted by molar-refractivity contribution is 7.98. The number of ether oxygens (including phenoxy) is 1. The first-order chi connectivity index (χ1) is 15.3. The molecule has 2 aromatic carbocycles. The van der Waals surface area contributed by atoms with Gasteiger partial charge in [0.15, 0.2) is 0 Å². The van der Waals surface area contributed by atoms with Gasteiger partial charge in [0.25, 0.3) is 5.91 Å². The summed E-state index contributed by atoms with van der Waals surface area (Å²) in [5.41, 5.74) is 4.37. The van der Waals surface area contributed by atoms with Gasteiger partial charge in [-0.15, -0.1) is 0 Å². The van der Waals surface area contributed by atoms with E-state index in [0.717, 1.165) is 28.9 Å². The lowest BCUT2D eigenvalue weighted by Gasteiger charge is -2.39. The third-order valence-corrected chi connectivity index (χ3v) is 7.78. The highest BCUT2D eigenvalue weighted by Gasteiger charge is 2.35. The van der Waals surface area contributed by atoms with E-state index in [4.69, 9.17) is 16.3 Å². The van der Waals surface area contributed by atoms with E-state index in [1.54, 1.807) is 4.90 Å². The Morgan fingerprint density at radius 1 is 1.25 bits per heavy atom. The zero-order valence-electron chi connectivity index (χ0n) is 18.1. The predicted octanol–water partition coefficient (Wildman–Crippen LogP) is 5.67. The molecule has 6 nitrogen and oxygen atoms in total. The lowest BCUT2D eigenvalue weighted by molar-refractivity contribution is 0.0984. The average Bonchev–Trinajstić information content (AvgIpc) is 3.50. The molecule has 0 radical (unpaired) electrons. The van der Waals surface area contributed by atoms with Crippen molar-refractivity contribution in [2.24, 2.45) is 0 Å². The number of amides is 2. The summed E-state index contributed by atoms with van der Waals surface area (Å²) in [4.78, 5) is 26.2. The third-order valence-electron chi connectivity index (χ3n) is 6.33. The molecule has 2 fully saturated rings. The van der Waals surface area contributed by atoms with Crippen LogP contribution < -0.4 is 14.9 Å². The third kappa shape index (κ3) is 4.16. The lowest BCUT2D eigenvalue weighted by Crippen LogP contribution is -2.32. The Kier molecular flexibility index (Phi) is 5.50.